The maximum Gasteiger partial charge on any atom is 0.416 e. The topological polar surface area (TPSA) is 26.0 Å². The number of hydrogen-bond acceptors (Lipinski definition) is 1. The molecule has 1 atom stereocenters. The van der Waals surface area contributed by atoms with E-state index < -0.39 is 17.8 Å². The molecule has 0 bridgehead atoms. The molecule has 2 rings (SSSR count). The fourth-order valence-corrected chi connectivity index (χ4v) is 2.50. The normalized spacial score (nSPS) is 13.3. The van der Waals surface area contributed by atoms with Crippen molar-refractivity contribution in [3.8, 4) is 0 Å². The monoisotopic (exact) mass is 343 g/mol. The molecule has 0 fully saturated rings. The number of alkyl halides is 3. The summed E-state index contributed by atoms with van der Waals surface area (Å²) in [5, 5.41) is 0. The van der Waals surface area contributed by atoms with Crippen LogP contribution in [0.5, 0.6) is 0 Å². The van der Waals surface area contributed by atoms with Gasteiger partial charge in [-0.2, -0.15) is 13.2 Å². The van der Waals surface area contributed by atoms with Crippen molar-refractivity contribution in [1.82, 2.24) is 0 Å². The second kappa shape index (κ2) is 5.58. The van der Waals surface area contributed by atoms with E-state index >= 15 is 0 Å². The van der Waals surface area contributed by atoms with Crippen molar-refractivity contribution in [2.75, 3.05) is 0 Å². The van der Waals surface area contributed by atoms with Crippen molar-refractivity contribution >= 4 is 15.9 Å². The Hall–Kier alpha value is -1.33. The number of hydrogen-bond donors (Lipinski definition) is 1. The number of nitrogens with two attached hydrogens (primary N) is 1. The zero-order valence-corrected chi connectivity index (χ0v) is 12.3. The third kappa shape index (κ3) is 3.22. The molecule has 1 nitrogen and oxygen atoms in total. The molecule has 2 aromatic carbocycles. The number of halogens is 4. The van der Waals surface area contributed by atoms with Crippen LogP contribution in [0.25, 0.3) is 0 Å². The molecule has 0 heterocycles. The van der Waals surface area contributed by atoms with Crippen LogP contribution >= 0.6 is 15.9 Å². The zero-order chi connectivity index (χ0) is 14.9. The highest BCUT2D eigenvalue weighted by Gasteiger charge is 2.30. The molecule has 20 heavy (non-hydrogen) atoms. The molecule has 0 aliphatic heterocycles. The summed E-state index contributed by atoms with van der Waals surface area (Å²) >= 11 is 3.35. The Balaban J connectivity index is 2.38. The van der Waals surface area contributed by atoms with Crippen molar-refractivity contribution in [2.45, 2.75) is 19.1 Å². The lowest BCUT2D eigenvalue weighted by molar-refractivity contribution is -0.137. The summed E-state index contributed by atoms with van der Waals surface area (Å²) in [5.41, 5.74) is 7.57. The largest absolute Gasteiger partial charge is 0.416 e. The van der Waals surface area contributed by atoms with Crippen LogP contribution in [-0.2, 0) is 6.18 Å². The van der Waals surface area contributed by atoms with Gasteiger partial charge in [-0.05, 0) is 47.9 Å². The van der Waals surface area contributed by atoms with E-state index in [2.05, 4.69) is 15.9 Å². The molecule has 2 N–H and O–H groups in total. The van der Waals surface area contributed by atoms with Gasteiger partial charge in [-0.3, -0.25) is 0 Å². The Morgan fingerprint density at radius 3 is 2.35 bits per heavy atom. The summed E-state index contributed by atoms with van der Waals surface area (Å²) in [7, 11) is 0. The van der Waals surface area contributed by atoms with Gasteiger partial charge in [0.25, 0.3) is 0 Å². The smallest absolute Gasteiger partial charge is 0.320 e. The third-order valence-corrected chi connectivity index (χ3v) is 3.63. The van der Waals surface area contributed by atoms with Gasteiger partial charge in [-0.25, -0.2) is 0 Å². The molecule has 5 heteroatoms. The highest BCUT2D eigenvalue weighted by molar-refractivity contribution is 9.10. The first-order valence-electron chi connectivity index (χ1n) is 5.98. The number of aryl methyl sites for hydroxylation is 1. The van der Waals surface area contributed by atoms with Gasteiger partial charge in [0.2, 0.25) is 0 Å². The van der Waals surface area contributed by atoms with E-state index in [0.29, 0.717) is 11.1 Å². The highest BCUT2D eigenvalue weighted by atomic mass is 79.9. The van der Waals surface area contributed by atoms with Crippen molar-refractivity contribution in [3.63, 3.8) is 0 Å². The van der Waals surface area contributed by atoms with E-state index in [-0.39, 0.29) is 0 Å². The van der Waals surface area contributed by atoms with E-state index in [1.165, 1.54) is 6.07 Å². The minimum Gasteiger partial charge on any atom is -0.320 e. The fourth-order valence-electron chi connectivity index (χ4n) is 2.08. The van der Waals surface area contributed by atoms with Crippen molar-refractivity contribution in [2.24, 2.45) is 5.73 Å². The average molecular weight is 344 g/mol. The van der Waals surface area contributed by atoms with E-state index in [1.807, 2.05) is 24.3 Å². The van der Waals surface area contributed by atoms with E-state index in [9.17, 15) is 13.2 Å². The molecule has 0 radical (unpaired) electrons. The van der Waals surface area contributed by atoms with Gasteiger partial charge in [0.05, 0.1) is 11.6 Å². The van der Waals surface area contributed by atoms with Gasteiger partial charge in [0, 0.05) is 4.47 Å². The molecule has 0 aliphatic carbocycles. The van der Waals surface area contributed by atoms with Gasteiger partial charge in [-0.1, -0.05) is 34.1 Å². The highest BCUT2D eigenvalue weighted by Crippen LogP contribution is 2.32. The molecular weight excluding hydrogens is 331 g/mol. The molecular formula is C15H13BrF3N. The van der Waals surface area contributed by atoms with Crippen molar-refractivity contribution in [3.05, 3.63) is 69.2 Å². The Labute approximate surface area is 123 Å². The van der Waals surface area contributed by atoms with Crippen LogP contribution < -0.4 is 5.73 Å². The second-order valence-electron chi connectivity index (χ2n) is 4.60. The summed E-state index contributed by atoms with van der Waals surface area (Å²) < 4.78 is 38.8. The Bertz CT molecular complexity index is 623. The molecule has 0 saturated heterocycles. The number of rotatable bonds is 2. The van der Waals surface area contributed by atoms with Crippen LogP contribution in [-0.4, -0.2) is 0 Å². The van der Waals surface area contributed by atoms with Crippen LogP contribution in [0.1, 0.15) is 28.3 Å². The molecule has 0 saturated carbocycles. The van der Waals surface area contributed by atoms with Crippen molar-refractivity contribution < 1.29 is 13.2 Å². The fraction of sp³-hybridized carbons (Fsp3) is 0.200. The van der Waals surface area contributed by atoms with Crippen LogP contribution in [0.2, 0.25) is 0 Å². The average Bonchev–Trinajstić information content (AvgIpc) is 2.36. The number of benzene rings is 2. The predicted molar refractivity (Wildman–Crippen MR) is 76.4 cm³/mol. The first-order valence-corrected chi connectivity index (χ1v) is 6.77. The molecule has 0 spiro atoms. The summed E-state index contributed by atoms with van der Waals surface area (Å²) in [4.78, 5) is 0. The summed E-state index contributed by atoms with van der Waals surface area (Å²) in [6, 6.07) is 10.6. The minimum atomic E-state index is -4.33. The van der Waals surface area contributed by atoms with Gasteiger partial charge in [0.15, 0.2) is 0 Å². The first kappa shape index (κ1) is 15.1. The molecule has 2 aromatic rings. The molecule has 0 amide bonds. The zero-order valence-electron chi connectivity index (χ0n) is 10.7. The third-order valence-electron chi connectivity index (χ3n) is 3.14. The summed E-state index contributed by atoms with van der Waals surface area (Å²) in [6.07, 6.45) is -4.33. The summed E-state index contributed by atoms with van der Waals surface area (Å²) in [6.45, 7) is 1.64. The lowest BCUT2D eigenvalue weighted by Crippen LogP contribution is -2.14. The van der Waals surface area contributed by atoms with E-state index in [4.69, 9.17) is 5.73 Å². The lowest BCUT2D eigenvalue weighted by Gasteiger charge is -2.17. The van der Waals surface area contributed by atoms with Gasteiger partial charge in [-0.15, -0.1) is 0 Å². The van der Waals surface area contributed by atoms with Crippen LogP contribution in [0.15, 0.2) is 46.9 Å². The van der Waals surface area contributed by atoms with Crippen LogP contribution in [0, 0.1) is 6.92 Å². The maximum absolute atomic E-state index is 12.6. The van der Waals surface area contributed by atoms with Gasteiger partial charge >= 0.3 is 6.18 Å². The van der Waals surface area contributed by atoms with Gasteiger partial charge < -0.3 is 5.73 Å². The lowest BCUT2D eigenvalue weighted by atomic mass is 9.94. The van der Waals surface area contributed by atoms with E-state index in [1.54, 1.807) is 6.92 Å². The standard InChI is InChI=1S/C15H13BrF3N/c1-9-7-11(15(17,18)19)5-6-13(9)14(20)10-3-2-4-12(16)8-10/h2-8,14H,20H2,1H3. The van der Waals surface area contributed by atoms with Crippen molar-refractivity contribution in [1.29, 1.82) is 0 Å². The molecule has 0 aliphatic rings. The van der Waals surface area contributed by atoms with Gasteiger partial charge in [0.1, 0.15) is 0 Å². The maximum atomic E-state index is 12.6. The van der Waals surface area contributed by atoms with E-state index in [0.717, 1.165) is 22.2 Å². The van der Waals surface area contributed by atoms with Crippen LogP contribution in [0.4, 0.5) is 13.2 Å². The minimum absolute atomic E-state index is 0.449. The van der Waals surface area contributed by atoms with Crippen LogP contribution in [0.3, 0.4) is 0 Å². The molecule has 1 unspecified atom stereocenters. The SMILES string of the molecule is Cc1cc(C(F)(F)F)ccc1C(N)c1cccc(Br)c1. The molecule has 106 valence electrons. The Morgan fingerprint density at radius 1 is 1.10 bits per heavy atom. The Morgan fingerprint density at radius 2 is 1.80 bits per heavy atom. The predicted octanol–water partition coefficient (Wildman–Crippen LogP) is 4.82. The Kier molecular flexibility index (Phi) is 4.20. The first-order chi connectivity index (χ1) is 9.29. The second-order valence-corrected chi connectivity index (χ2v) is 5.52. The quantitative estimate of drug-likeness (QED) is 0.830. The summed E-state index contributed by atoms with van der Waals surface area (Å²) in [5.74, 6) is 0. The molecule has 0 aromatic heterocycles.